The van der Waals surface area contributed by atoms with Crippen molar-refractivity contribution in [2.24, 2.45) is 5.92 Å². The van der Waals surface area contributed by atoms with Gasteiger partial charge in [-0.05, 0) is 63.8 Å². The molecule has 4 aliphatic heterocycles. The summed E-state index contributed by atoms with van der Waals surface area (Å²) >= 11 is 6.16. The van der Waals surface area contributed by atoms with Gasteiger partial charge in [-0.1, -0.05) is 11.6 Å². The minimum atomic E-state index is -0.126. The molecule has 4 fully saturated rings. The Hall–Kier alpha value is -1.50. The number of nitrogens with two attached hydrogens (primary N) is 1. The number of hydrogen-bond acceptors (Lipinski definition) is 5. The molecule has 3 N–H and O–H groups in total. The van der Waals surface area contributed by atoms with Crippen LogP contribution < -0.4 is 15.8 Å². The topological polar surface area (TPSA) is 70.8 Å². The summed E-state index contributed by atoms with van der Waals surface area (Å²) in [5, 5.41) is 3.70. The highest BCUT2D eigenvalue weighted by Gasteiger charge is 2.43. The molecule has 4 heterocycles. The SMILES string of the molecule is COc1cc(N)c(Cl)cc1C(=O)NC1C2CCN(CC2)C1CN1CCCC1. The molecule has 1 aromatic carbocycles. The Morgan fingerprint density at radius 1 is 1.26 bits per heavy atom. The first kappa shape index (κ1) is 18.8. The number of nitrogens with zero attached hydrogens (tertiary/aromatic N) is 2. The normalized spacial score (nSPS) is 30.4. The van der Waals surface area contributed by atoms with Gasteiger partial charge in [0.2, 0.25) is 0 Å². The van der Waals surface area contributed by atoms with Gasteiger partial charge >= 0.3 is 0 Å². The first-order chi connectivity index (χ1) is 13.1. The molecule has 2 bridgehead atoms. The Kier molecular flexibility index (Phi) is 5.48. The number of rotatable bonds is 5. The summed E-state index contributed by atoms with van der Waals surface area (Å²) in [6, 6.07) is 3.79. The number of benzene rings is 1. The average molecular weight is 393 g/mol. The Morgan fingerprint density at radius 3 is 2.63 bits per heavy atom. The number of anilines is 1. The second-order valence-corrected chi connectivity index (χ2v) is 8.43. The first-order valence-corrected chi connectivity index (χ1v) is 10.3. The summed E-state index contributed by atoms with van der Waals surface area (Å²) in [7, 11) is 1.55. The van der Waals surface area contributed by atoms with E-state index in [0.717, 1.165) is 32.5 Å². The number of carbonyl (C=O) groups is 1. The number of nitrogen functional groups attached to an aromatic ring is 1. The monoisotopic (exact) mass is 392 g/mol. The van der Waals surface area contributed by atoms with Gasteiger partial charge in [-0.15, -0.1) is 0 Å². The lowest BCUT2D eigenvalue weighted by Gasteiger charge is -2.52. The number of ether oxygens (including phenoxy) is 1. The number of likely N-dealkylation sites (tertiary alicyclic amines) is 1. The third-order valence-electron chi connectivity index (χ3n) is 6.47. The van der Waals surface area contributed by atoms with Crippen molar-refractivity contribution < 1.29 is 9.53 Å². The summed E-state index contributed by atoms with van der Waals surface area (Å²) in [5.74, 6) is 0.882. The third-order valence-corrected chi connectivity index (χ3v) is 6.80. The molecule has 1 amide bonds. The van der Waals surface area contributed by atoms with Gasteiger partial charge in [0, 0.05) is 24.7 Å². The third kappa shape index (κ3) is 3.75. The maximum Gasteiger partial charge on any atom is 0.255 e. The summed E-state index contributed by atoms with van der Waals surface area (Å²) in [4.78, 5) is 18.2. The number of fused-ring (bicyclic) bond motifs is 3. The summed E-state index contributed by atoms with van der Waals surface area (Å²) < 4.78 is 5.37. The molecule has 0 saturated carbocycles. The van der Waals surface area contributed by atoms with Crippen LogP contribution in [0.2, 0.25) is 5.02 Å². The lowest BCUT2D eigenvalue weighted by Crippen LogP contribution is -2.66. The number of methoxy groups -OCH3 is 1. The van der Waals surface area contributed by atoms with Crippen LogP contribution >= 0.6 is 11.6 Å². The molecule has 6 nitrogen and oxygen atoms in total. The van der Waals surface area contributed by atoms with Crippen LogP contribution in [0, 0.1) is 5.92 Å². The van der Waals surface area contributed by atoms with E-state index in [1.165, 1.54) is 25.9 Å². The van der Waals surface area contributed by atoms with Crippen molar-refractivity contribution in [1.82, 2.24) is 15.1 Å². The molecule has 1 aromatic rings. The molecule has 148 valence electrons. The Labute approximate surface area is 166 Å². The van der Waals surface area contributed by atoms with Gasteiger partial charge in [0.15, 0.2) is 0 Å². The van der Waals surface area contributed by atoms with Gasteiger partial charge in [0.25, 0.3) is 5.91 Å². The van der Waals surface area contributed by atoms with E-state index in [1.54, 1.807) is 19.2 Å². The van der Waals surface area contributed by atoms with Crippen LogP contribution in [-0.2, 0) is 0 Å². The van der Waals surface area contributed by atoms with Crippen LogP contribution in [0.4, 0.5) is 5.69 Å². The zero-order valence-electron chi connectivity index (χ0n) is 15.9. The van der Waals surface area contributed by atoms with Gasteiger partial charge < -0.3 is 20.7 Å². The van der Waals surface area contributed by atoms with E-state index in [9.17, 15) is 4.79 Å². The van der Waals surface area contributed by atoms with Gasteiger partial charge in [-0.3, -0.25) is 9.69 Å². The predicted octanol–water partition coefficient (Wildman–Crippen LogP) is 2.22. The largest absolute Gasteiger partial charge is 0.496 e. The molecule has 4 aliphatic rings. The van der Waals surface area contributed by atoms with Crippen LogP contribution in [0.1, 0.15) is 36.0 Å². The maximum atomic E-state index is 13.1. The van der Waals surface area contributed by atoms with E-state index in [1.807, 2.05) is 0 Å². The van der Waals surface area contributed by atoms with E-state index < -0.39 is 0 Å². The van der Waals surface area contributed by atoms with Crippen molar-refractivity contribution in [3.8, 4) is 5.75 Å². The first-order valence-electron chi connectivity index (χ1n) is 9.97. The molecule has 2 unspecified atom stereocenters. The Balaban J connectivity index is 1.54. The minimum absolute atomic E-state index is 0.126. The van der Waals surface area contributed by atoms with Crippen LogP contribution in [0.15, 0.2) is 12.1 Å². The lowest BCUT2D eigenvalue weighted by atomic mass is 9.78. The summed E-state index contributed by atoms with van der Waals surface area (Å²) in [6.07, 6.45) is 4.88. The number of amides is 1. The van der Waals surface area contributed by atoms with Crippen LogP contribution in [0.3, 0.4) is 0 Å². The van der Waals surface area contributed by atoms with Crippen molar-refractivity contribution >= 4 is 23.2 Å². The van der Waals surface area contributed by atoms with Crippen molar-refractivity contribution in [3.63, 3.8) is 0 Å². The quantitative estimate of drug-likeness (QED) is 0.752. The van der Waals surface area contributed by atoms with Crippen molar-refractivity contribution in [3.05, 3.63) is 22.7 Å². The van der Waals surface area contributed by atoms with Gasteiger partial charge in [-0.25, -0.2) is 0 Å². The summed E-state index contributed by atoms with van der Waals surface area (Å²) in [6.45, 7) is 5.69. The molecule has 7 heteroatoms. The molecule has 5 rings (SSSR count). The number of halogens is 1. The second-order valence-electron chi connectivity index (χ2n) is 8.02. The van der Waals surface area contributed by atoms with Crippen LogP contribution in [-0.4, -0.2) is 67.6 Å². The van der Waals surface area contributed by atoms with E-state index in [0.29, 0.717) is 34.0 Å². The van der Waals surface area contributed by atoms with E-state index in [-0.39, 0.29) is 11.9 Å². The fourth-order valence-corrected chi connectivity index (χ4v) is 5.13. The maximum absolute atomic E-state index is 13.1. The smallest absolute Gasteiger partial charge is 0.255 e. The zero-order chi connectivity index (χ0) is 19.0. The number of nitrogens with one attached hydrogen (secondary N) is 1. The van der Waals surface area contributed by atoms with Crippen molar-refractivity contribution in [2.45, 2.75) is 37.8 Å². The fraction of sp³-hybridized carbons (Fsp3) is 0.650. The number of carbonyl (C=O) groups excluding carboxylic acids is 1. The predicted molar refractivity (Wildman–Crippen MR) is 107 cm³/mol. The van der Waals surface area contributed by atoms with Gasteiger partial charge in [0.1, 0.15) is 5.75 Å². The van der Waals surface area contributed by atoms with E-state index >= 15 is 0 Å². The van der Waals surface area contributed by atoms with Crippen LogP contribution in [0.5, 0.6) is 5.75 Å². The molecule has 27 heavy (non-hydrogen) atoms. The molecular formula is C20H29ClN4O2. The average Bonchev–Trinajstić information content (AvgIpc) is 3.19. The lowest BCUT2D eigenvalue weighted by molar-refractivity contribution is 0.0000189. The Bertz CT molecular complexity index is 699. The molecule has 2 atom stereocenters. The molecule has 0 aromatic heterocycles. The van der Waals surface area contributed by atoms with Crippen molar-refractivity contribution in [1.29, 1.82) is 0 Å². The number of hydrogen-bond donors (Lipinski definition) is 2. The molecule has 0 radical (unpaired) electrons. The second kappa shape index (κ2) is 7.86. The number of piperidine rings is 3. The van der Waals surface area contributed by atoms with E-state index in [4.69, 9.17) is 22.1 Å². The molecular weight excluding hydrogens is 364 g/mol. The highest BCUT2D eigenvalue weighted by atomic mass is 35.5. The summed E-state index contributed by atoms with van der Waals surface area (Å²) in [5.41, 5.74) is 6.72. The molecule has 0 aliphatic carbocycles. The Morgan fingerprint density at radius 2 is 1.96 bits per heavy atom. The van der Waals surface area contributed by atoms with E-state index in [2.05, 4.69) is 15.1 Å². The molecule has 0 spiro atoms. The van der Waals surface area contributed by atoms with Crippen LogP contribution in [0.25, 0.3) is 0 Å². The highest BCUT2D eigenvalue weighted by Crippen LogP contribution is 2.34. The zero-order valence-corrected chi connectivity index (χ0v) is 16.7. The minimum Gasteiger partial charge on any atom is -0.496 e. The highest BCUT2D eigenvalue weighted by molar-refractivity contribution is 6.33. The molecule has 4 saturated heterocycles. The van der Waals surface area contributed by atoms with Crippen molar-refractivity contribution in [2.75, 3.05) is 45.6 Å². The standard InChI is InChI=1S/C20H29ClN4O2/c1-27-18-11-16(22)15(21)10-14(18)20(26)23-19-13-4-8-25(9-5-13)17(19)12-24-6-2-3-7-24/h10-11,13,17,19H,2-9,12,22H2,1H3,(H,23,26). The van der Waals surface area contributed by atoms with Gasteiger partial charge in [-0.2, -0.15) is 0 Å². The fourth-order valence-electron chi connectivity index (χ4n) is 4.97. The van der Waals surface area contributed by atoms with Gasteiger partial charge in [0.05, 0.1) is 23.4 Å².